The summed E-state index contributed by atoms with van der Waals surface area (Å²) in [5, 5.41) is 3.04. The van der Waals surface area contributed by atoms with Crippen molar-refractivity contribution in [1.29, 1.82) is 0 Å². The van der Waals surface area contributed by atoms with Gasteiger partial charge in [-0.05, 0) is 0 Å². The van der Waals surface area contributed by atoms with Gasteiger partial charge >= 0.3 is 161 Å². The van der Waals surface area contributed by atoms with Crippen LogP contribution in [-0.4, -0.2) is 22.1 Å². The molecule has 0 spiro atoms. The van der Waals surface area contributed by atoms with Gasteiger partial charge in [0.05, 0.1) is 0 Å². The molecule has 0 aliphatic rings. The summed E-state index contributed by atoms with van der Waals surface area (Å²) >= 11 is -1.35. The predicted octanol–water partition coefficient (Wildman–Crippen LogP) is 3.91. The number of benzene rings is 2. The molecule has 4 aromatic rings. The Labute approximate surface area is 160 Å². The Hall–Kier alpha value is -1.72. The summed E-state index contributed by atoms with van der Waals surface area (Å²) < 4.78 is 6.64. The van der Waals surface area contributed by atoms with Gasteiger partial charge in [0.2, 0.25) is 0 Å². The Balaban J connectivity index is 1.63. The Kier molecular flexibility index (Phi) is 4.86. The van der Waals surface area contributed by atoms with Crippen LogP contribution in [0.15, 0.2) is 59.9 Å². The molecule has 0 aliphatic carbocycles. The van der Waals surface area contributed by atoms with Gasteiger partial charge in [0.15, 0.2) is 0 Å². The van der Waals surface area contributed by atoms with Gasteiger partial charge in [-0.25, -0.2) is 0 Å². The van der Waals surface area contributed by atoms with Crippen LogP contribution in [0.4, 0.5) is 0 Å². The van der Waals surface area contributed by atoms with Gasteiger partial charge in [0.25, 0.3) is 0 Å². The summed E-state index contributed by atoms with van der Waals surface area (Å²) in [6, 6.07) is 16.5. The molecular weight excluding hydrogens is 519 g/mol. The third-order valence-electron chi connectivity index (χ3n) is 4.21. The Morgan fingerprint density at radius 2 is 1.76 bits per heavy atom. The molecule has 0 radical (unpaired) electrons. The third kappa shape index (κ3) is 3.48. The first-order chi connectivity index (χ1) is 12.2. The van der Waals surface area contributed by atoms with Gasteiger partial charge in [-0.15, -0.1) is 0 Å². The van der Waals surface area contributed by atoms with Crippen LogP contribution in [0.2, 0.25) is 0 Å². The van der Waals surface area contributed by atoms with E-state index in [0.717, 1.165) is 32.8 Å². The molecule has 4 nitrogen and oxygen atoms in total. The van der Waals surface area contributed by atoms with Crippen LogP contribution >= 0.6 is 8.24 Å². The van der Waals surface area contributed by atoms with E-state index in [2.05, 4.69) is 30.1 Å². The third-order valence-corrected chi connectivity index (χ3v) is 15.6. The van der Waals surface area contributed by atoms with E-state index in [9.17, 15) is 0 Å². The maximum absolute atomic E-state index is 5.21. The molecular formula is C19H15HgN3OS. The average molecular weight is 534 g/mol. The van der Waals surface area contributed by atoms with Crippen molar-refractivity contribution in [1.82, 2.24) is 15.0 Å². The average Bonchev–Trinajstić information content (AvgIpc) is 2.67. The molecule has 6 heteroatoms. The van der Waals surface area contributed by atoms with E-state index < -0.39 is 23.1 Å². The molecule has 0 unspecified atom stereocenters. The first kappa shape index (κ1) is 16.7. The first-order valence-corrected chi connectivity index (χ1v) is 18.5. The number of fused-ring (bicyclic) bond motifs is 2. The van der Waals surface area contributed by atoms with Gasteiger partial charge in [0, 0.05) is 0 Å². The minimum atomic E-state index is -1.35. The van der Waals surface area contributed by atoms with Crippen LogP contribution < -0.4 is 7.81 Å². The molecule has 0 atom stereocenters. The molecule has 0 N–H and O–H groups in total. The summed E-state index contributed by atoms with van der Waals surface area (Å²) in [5.74, 6) is 0.899. The van der Waals surface area contributed by atoms with E-state index in [1.165, 1.54) is 8.64 Å². The van der Waals surface area contributed by atoms with Crippen LogP contribution in [0.25, 0.3) is 21.9 Å². The fourth-order valence-electron chi connectivity index (χ4n) is 2.79. The Morgan fingerprint density at radius 3 is 2.56 bits per heavy atom. The van der Waals surface area contributed by atoms with Crippen molar-refractivity contribution in [3.63, 3.8) is 0 Å². The summed E-state index contributed by atoms with van der Waals surface area (Å²) in [5.41, 5.74) is 2.97. The SMILES string of the molecule is COc1cc[c]([Hg][S]c2ncc3c(C)c4ccccc4nc3n2)cc1. The summed E-state index contributed by atoms with van der Waals surface area (Å²) in [4.78, 5) is 14.0. The number of hydrogen-bond donors (Lipinski definition) is 0. The molecule has 2 heterocycles. The normalized spacial score (nSPS) is 10.8. The summed E-state index contributed by atoms with van der Waals surface area (Å²) in [6.07, 6.45) is 1.92. The van der Waals surface area contributed by atoms with Crippen molar-refractivity contribution in [3.05, 3.63) is 60.3 Å². The van der Waals surface area contributed by atoms with Crippen LogP contribution in [0.5, 0.6) is 5.75 Å². The van der Waals surface area contributed by atoms with Crippen LogP contribution in [0, 0.1) is 6.92 Å². The van der Waals surface area contributed by atoms with E-state index >= 15 is 0 Å². The molecule has 0 bridgehead atoms. The Morgan fingerprint density at radius 1 is 0.960 bits per heavy atom. The van der Waals surface area contributed by atoms with Gasteiger partial charge in [0.1, 0.15) is 0 Å². The van der Waals surface area contributed by atoms with E-state index in [4.69, 9.17) is 14.7 Å². The molecule has 120 valence electrons. The van der Waals surface area contributed by atoms with Gasteiger partial charge in [-0.3, -0.25) is 0 Å². The number of pyridine rings is 1. The molecule has 2 aromatic heterocycles. The number of aromatic nitrogens is 3. The molecule has 0 amide bonds. The van der Waals surface area contributed by atoms with Crippen molar-refractivity contribution >= 4 is 33.3 Å². The zero-order valence-corrected chi connectivity index (χ0v) is 20.4. The molecule has 2 aromatic carbocycles. The molecule has 0 saturated heterocycles. The van der Waals surface area contributed by atoms with Crippen LogP contribution in [0.3, 0.4) is 0 Å². The zero-order valence-electron chi connectivity index (χ0n) is 14.1. The number of aryl methyl sites for hydroxylation is 1. The van der Waals surface area contributed by atoms with Gasteiger partial charge in [-0.2, -0.15) is 0 Å². The van der Waals surface area contributed by atoms with Crippen LogP contribution in [-0.2, 0) is 23.1 Å². The maximum atomic E-state index is 5.21. The van der Waals surface area contributed by atoms with Crippen molar-refractivity contribution in [2.75, 3.05) is 7.11 Å². The van der Waals surface area contributed by atoms with Gasteiger partial charge in [-0.1, -0.05) is 0 Å². The van der Waals surface area contributed by atoms with Crippen molar-refractivity contribution in [2.45, 2.75) is 12.1 Å². The Bertz CT molecular complexity index is 1050. The fraction of sp³-hybridized carbons (Fsp3) is 0.105. The van der Waals surface area contributed by atoms with E-state index in [0.29, 0.717) is 0 Å². The number of ether oxygens (including phenoxy) is 1. The molecule has 25 heavy (non-hydrogen) atoms. The van der Waals surface area contributed by atoms with Crippen molar-refractivity contribution in [2.24, 2.45) is 0 Å². The van der Waals surface area contributed by atoms with E-state index in [1.807, 2.05) is 44.8 Å². The minimum absolute atomic E-state index is 0.789. The van der Waals surface area contributed by atoms with Crippen molar-refractivity contribution in [3.8, 4) is 5.75 Å². The standard InChI is InChI=1S/C12H9N3S.C7H7O.Hg/c1-7-8-4-2-3-5-10(8)14-11-9(7)6-13-12(16)15-11;1-8-7-5-3-2-4-6-7;/h2-6H,1H3,(H,13,14,15,16);3-6H,1H3;/q;;+1/p-1. The monoisotopic (exact) mass is 535 g/mol. The second-order valence-electron chi connectivity index (χ2n) is 5.78. The summed E-state index contributed by atoms with van der Waals surface area (Å²) in [7, 11) is 3.52. The number of nitrogens with zero attached hydrogens (tertiary/aromatic N) is 3. The molecule has 4 rings (SSSR count). The predicted molar refractivity (Wildman–Crippen MR) is 98.1 cm³/mol. The first-order valence-electron chi connectivity index (χ1n) is 8.02. The zero-order chi connectivity index (χ0) is 17.2. The quantitative estimate of drug-likeness (QED) is 0.226. The summed E-state index contributed by atoms with van der Waals surface area (Å²) in [6.45, 7) is 2.11. The molecule has 0 saturated carbocycles. The number of hydrogen-bond acceptors (Lipinski definition) is 5. The number of para-hydroxylation sites is 1. The second-order valence-corrected chi connectivity index (χ2v) is 16.6. The van der Waals surface area contributed by atoms with Crippen LogP contribution in [0.1, 0.15) is 5.56 Å². The second kappa shape index (κ2) is 7.26. The molecule has 0 fully saturated rings. The van der Waals surface area contributed by atoms with Gasteiger partial charge < -0.3 is 0 Å². The molecule has 0 aliphatic heterocycles. The van der Waals surface area contributed by atoms with E-state index in [1.54, 1.807) is 7.11 Å². The van der Waals surface area contributed by atoms with E-state index in [-0.39, 0.29) is 0 Å². The topological polar surface area (TPSA) is 47.9 Å². The fourth-order valence-corrected chi connectivity index (χ4v) is 11.8. The van der Waals surface area contributed by atoms with Crippen molar-refractivity contribution < 1.29 is 27.8 Å². The number of methoxy groups -OCH3 is 1. The number of rotatable bonds is 4.